The third-order valence-corrected chi connectivity index (χ3v) is 7.64. The van der Waals surface area contributed by atoms with Crippen LogP contribution in [0.1, 0.15) is 66.0 Å². The first-order valence-electron chi connectivity index (χ1n) is 13.3. The molecule has 0 unspecified atom stereocenters. The standard InChI is InChI=1S/C30H35N3O4/c34-18-17-33(20-22-13-14-22)29(36)26-27(37-21-23-9-3-1-4-10-23)28(35)32-25(31-26)19-30(15-7-8-16-30)24-11-5-2-6-12-24/h1-6,9-12,22,34H,7-8,13-21H2,(H,31,32,35). The molecular formula is C30H35N3O4. The number of nitrogens with one attached hydrogen (secondary N) is 1. The molecule has 1 heterocycles. The molecule has 0 atom stereocenters. The first kappa shape index (κ1) is 25.2. The van der Waals surface area contributed by atoms with Crippen LogP contribution in [0.5, 0.6) is 5.75 Å². The van der Waals surface area contributed by atoms with Crippen molar-refractivity contribution >= 4 is 5.91 Å². The molecule has 3 aromatic rings. The van der Waals surface area contributed by atoms with E-state index >= 15 is 0 Å². The van der Waals surface area contributed by atoms with E-state index in [1.165, 1.54) is 5.56 Å². The molecule has 0 radical (unpaired) electrons. The van der Waals surface area contributed by atoms with Gasteiger partial charge < -0.3 is 19.7 Å². The number of carbonyl (C=O) groups is 1. The fourth-order valence-corrected chi connectivity index (χ4v) is 5.49. The second-order valence-corrected chi connectivity index (χ2v) is 10.4. The van der Waals surface area contributed by atoms with Crippen molar-refractivity contribution < 1.29 is 14.6 Å². The van der Waals surface area contributed by atoms with Gasteiger partial charge in [-0.15, -0.1) is 0 Å². The van der Waals surface area contributed by atoms with Crippen molar-refractivity contribution in [2.24, 2.45) is 5.92 Å². The van der Waals surface area contributed by atoms with Crippen LogP contribution in [-0.4, -0.2) is 45.6 Å². The molecule has 7 nitrogen and oxygen atoms in total. The lowest BCUT2D eigenvalue weighted by Gasteiger charge is -2.29. The molecule has 2 aromatic carbocycles. The van der Waals surface area contributed by atoms with E-state index in [9.17, 15) is 14.7 Å². The SMILES string of the molecule is O=C(c1nc(CC2(c3ccccc3)CCCC2)[nH]c(=O)c1OCc1ccccc1)N(CCO)CC1CC1. The van der Waals surface area contributed by atoms with Crippen LogP contribution in [0.4, 0.5) is 0 Å². The van der Waals surface area contributed by atoms with Crippen LogP contribution in [0.3, 0.4) is 0 Å². The predicted molar refractivity (Wildman–Crippen MR) is 142 cm³/mol. The minimum absolute atomic E-state index is 0.0324. The van der Waals surface area contributed by atoms with E-state index in [-0.39, 0.29) is 42.5 Å². The normalized spacial score (nSPS) is 16.5. The lowest BCUT2D eigenvalue weighted by molar-refractivity contribution is 0.0700. The number of carbonyl (C=O) groups excluding carboxylic acids is 1. The summed E-state index contributed by atoms with van der Waals surface area (Å²) in [7, 11) is 0. The lowest BCUT2D eigenvalue weighted by atomic mass is 9.76. The van der Waals surface area contributed by atoms with Gasteiger partial charge in [0.1, 0.15) is 12.4 Å². The van der Waals surface area contributed by atoms with E-state index in [2.05, 4.69) is 17.1 Å². The molecule has 2 N–H and O–H groups in total. The van der Waals surface area contributed by atoms with E-state index in [4.69, 9.17) is 9.72 Å². The molecule has 194 valence electrons. The lowest BCUT2D eigenvalue weighted by Crippen LogP contribution is -2.37. The molecule has 0 saturated heterocycles. The van der Waals surface area contributed by atoms with Gasteiger partial charge in [-0.05, 0) is 42.7 Å². The summed E-state index contributed by atoms with van der Waals surface area (Å²) in [4.78, 5) is 36.4. The molecule has 7 heteroatoms. The molecule has 0 spiro atoms. The molecule has 0 aliphatic heterocycles. The summed E-state index contributed by atoms with van der Waals surface area (Å²) in [5.41, 5.74) is 1.60. The van der Waals surface area contributed by atoms with Crippen LogP contribution < -0.4 is 10.3 Å². The molecule has 1 amide bonds. The number of aliphatic hydroxyl groups excluding tert-OH is 1. The Bertz CT molecular complexity index is 1250. The van der Waals surface area contributed by atoms with Crippen molar-refractivity contribution in [3.8, 4) is 5.75 Å². The second-order valence-electron chi connectivity index (χ2n) is 10.4. The zero-order chi connectivity index (χ0) is 25.7. The largest absolute Gasteiger partial charge is 0.481 e. The van der Waals surface area contributed by atoms with Gasteiger partial charge in [0, 0.05) is 24.9 Å². The number of rotatable bonds is 11. The predicted octanol–water partition coefficient (Wildman–Crippen LogP) is 4.25. The number of hydrogen-bond donors (Lipinski definition) is 2. The van der Waals surface area contributed by atoms with Crippen molar-refractivity contribution in [1.82, 2.24) is 14.9 Å². The number of aromatic nitrogens is 2. The Morgan fingerprint density at radius 3 is 2.38 bits per heavy atom. The van der Waals surface area contributed by atoms with Gasteiger partial charge in [0.2, 0.25) is 5.75 Å². The molecule has 5 rings (SSSR count). The maximum absolute atomic E-state index is 13.7. The molecular weight excluding hydrogens is 466 g/mol. The molecule has 2 fully saturated rings. The smallest absolute Gasteiger partial charge is 0.294 e. The summed E-state index contributed by atoms with van der Waals surface area (Å²) in [6, 6.07) is 19.9. The average molecular weight is 502 g/mol. The quantitative estimate of drug-likeness (QED) is 0.410. The highest BCUT2D eigenvalue weighted by molar-refractivity contribution is 5.95. The Morgan fingerprint density at radius 2 is 1.73 bits per heavy atom. The van der Waals surface area contributed by atoms with Gasteiger partial charge in [-0.3, -0.25) is 9.59 Å². The van der Waals surface area contributed by atoms with Crippen LogP contribution in [0.15, 0.2) is 65.5 Å². The van der Waals surface area contributed by atoms with Crippen LogP contribution in [0.2, 0.25) is 0 Å². The summed E-state index contributed by atoms with van der Waals surface area (Å²) >= 11 is 0. The van der Waals surface area contributed by atoms with Crippen LogP contribution in [0.25, 0.3) is 0 Å². The minimum Gasteiger partial charge on any atom is -0.481 e. The van der Waals surface area contributed by atoms with E-state index in [1.54, 1.807) is 4.90 Å². The summed E-state index contributed by atoms with van der Waals surface area (Å²) in [6.07, 6.45) is 6.95. The Hall–Kier alpha value is -3.45. The molecule has 2 saturated carbocycles. The van der Waals surface area contributed by atoms with Crippen molar-refractivity contribution in [2.75, 3.05) is 19.7 Å². The zero-order valence-corrected chi connectivity index (χ0v) is 21.2. The van der Waals surface area contributed by atoms with Crippen LogP contribution in [-0.2, 0) is 18.4 Å². The molecule has 0 bridgehead atoms. The summed E-state index contributed by atoms with van der Waals surface area (Å²) in [6.45, 7) is 0.758. The summed E-state index contributed by atoms with van der Waals surface area (Å²) < 4.78 is 5.94. The van der Waals surface area contributed by atoms with E-state index in [0.717, 1.165) is 44.1 Å². The Kier molecular flexibility index (Phi) is 7.70. The van der Waals surface area contributed by atoms with E-state index < -0.39 is 5.56 Å². The molecule has 2 aliphatic carbocycles. The Labute approximate surface area is 217 Å². The van der Waals surface area contributed by atoms with Gasteiger partial charge in [0.25, 0.3) is 11.5 Å². The Morgan fingerprint density at radius 1 is 1.05 bits per heavy atom. The topological polar surface area (TPSA) is 95.5 Å². The van der Waals surface area contributed by atoms with E-state index in [0.29, 0.717) is 24.7 Å². The highest BCUT2D eigenvalue weighted by Gasteiger charge is 2.37. The number of nitrogens with zero attached hydrogens (tertiary/aromatic N) is 2. The number of benzene rings is 2. The number of aromatic amines is 1. The highest BCUT2D eigenvalue weighted by Crippen LogP contribution is 2.43. The van der Waals surface area contributed by atoms with Gasteiger partial charge in [-0.1, -0.05) is 73.5 Å². The maximum atomic E-state index is 13.7. The van der Waals surface area contributed by atoms with Gasteiger partial charge in [0.15, 0.2) is 5.69 Å². The summed E-state index contributed by atoms with van der Waals surface area (Å²) in [5, 5.41) is 9.63. The first-order valence-corrected chi connectivity index (χ1v) is 13.3. The molecule has 37 heavy (non-hydrogen) atoms. The maximum Gasteiger partial charge on any atom is 0.294 e. The number of amides is 1. The van der Waals surface area contributed by atoms with Gasteiger partial charge in [-0.2, -0.15) is 0 Å². The minimum atomic E-state index is -0.444. The van der Waals surface area contributed by atoms with Crippen molar-refractivity contribution in [3.63, 3.8) is 0 Å². The van der Waals surface area contributed by atoms with E-state index in [1.807, 2.05) is 48.5 Å². The second kappa shape index (κ2) is 11.3. The van der Waals surface area contributed by atoms with Crippen LogP contribution >= 0.6 is 0 Å². The Balaban J connectivity index is 1.50. The monoisotopic (exact) mass is 501 g/mol. The first-order chi connectivity index (χ1) is 18.1. The number of hydrogen-bond acceptors (Lipinski definition) is 5. The van der Waals surface area contributed by atoms with Gasteiger partial charge in [-0.25, -0.2) is 4.98 Å². The van der Waals surface area contributed by atoms with Crippen LogP contribution in [0, 0.1) is 5.92 Å². The number of ether oxygens (including phenoxy) is 1. The van der Waals surface area contributed by atoms with Crippen molar-refractivity contribution in [1.29, 1.82) is 0 Å². The summed E-state index contributed by atoms with van der Waals surface area (Å²) in [5.74, 6) is 0.514. The fraction of sp³-hybridized carbons (Fsp3) is 0.433. The zero-order valence-electron chi connectivity index (χ0n) is 21.2. The molecule has 1 aromatic heterocycles. The third kappa shape index (κ3) is 5.93. The van der Waals surface area contributed by atoms with Crippen molar-refractivity contribution in [2.45, 2.75) is 57.0 Å². The number of H-pyrrole nitrogens is 1. The number of aliphatic hydroxyl groups is 1. The van der Waals surface area contributed by atoms with Crippen molar-refractivity contribution in [3.05, 3.63) is 93.7 Å². The average Bonchev–Trinajstić information content (AvgIpc) is 3.62. The molecule has 2 aliphatic rings. The third-order valence-electron chi connectivity index (χ3n) is 7.64. The fourth-order valence-electron chi connectivity index (χ4n) is 5.49. The highest BCUT2D eigenvalue weighted by atomic mass is 16.5. The van der Waals surface area contributed by atoms with Gasteiger partial charge in [0.05, 0.1) is 6.61 Å². The van der Waals surface area contributed by atoms with Gasteiger partial charge >= 0.3 is 0 Å².